The molecule has 7 heteroatoms. The highest BCUT2D eigenvalue weighted by molar-refractivity contribution is 6.25. The van der Waals surface area contributed by atoms with Crippen molar-refractivity contribution in [2.45, 2.75) is 18.6 Å². The predicted molar refractivity (Wildman–Crippen MR) is 96.9 cm³/mol. The molecular weight excluding hydrogens is 346 g/mol. The first kappa shape index (κ1) is 17.0. The zero-order valence-corrected chi connectivity index (χ0v) is 14.3. The molecule has 0 saturated carbocycles. The number of rotatable bonds is 4. The Bertz CT molecular complexity index is 927. The van der Waals surface area contributed by atoms with Crippen LogP contribution >= 0.6 is 0 Å². The summed E-state index contributed by atoms with van der Waals surface area (Å²) in [5, 5.41) is 0. The van der Waals surface area contributed by atoms with Crippen LogP contribution in [0.15, 0.2) is 72.4 Å². The molecule has 1 spiro atoms. The molecule has 1 saturated heterocycles. The molecule has 4 rings (SSSR count). The van der Waals surface area contributed by atoms with Crippen molar-refractivity contribution in [1.29, 1.82) is 0 Å². The number of nitrogens with zero attached hydrogens (tertiary/aromatic N) is 1. The van der Waals surface area contributed by atoms with Gasteiger partial charge in [-0.3, -0.25) is 9.59 Å². The van der Waals surface area contributed by atoms with Gasteiger partial charge in [-0.1, -0.05) is 48.5 Å². The van der Waals surface area contributed by atoms with Crippen LogP contribution in [0.25, 0.3) is 0 Å². The van der Waals surface area contributed by atoms with Gasteiger partial charge in [0.05, 0.1) is 12.1 Å². The molecule has 2 heterocycles. The van der Waals surface area contributed by atoms with E-state index in [2.05, 4.69) is 10.9 Å². The van der Waals surface area contributed by atoms with Crippen molar-refractivity contribution in [3.05, 3.63) is 78.0 Å². The molecule has 27 heavy (non-hydrogen) atoms. The summed E-state index contributed by atoms with van der Waals surface area (Å²) in [6.45, 7) is 0.120. The molecule has 7 nitrogen and oxygen atoms in total. The van der Waals surface area contributed by atoms with Crippen LogP contribution in [0.1, 0.15) is 12.0 Å². The number of hydrazine groups is 1. The van der Waals surface area contributed by atoms with E-state index in [0.29, 0.717) is 5.69 Å². The topological polar surface area (TPSA) is 87.7 Å². The highest BCUT2D eigenvalue weighted by Crippen LogP contribution is 2.32. The minimum absolute atomic E-state index is 0.0802. The standard InChI is InChI=1S/C20H17N3O4/c24-17-12-20(19(26)23(17)15-9-5-2-6-10-15)11-16(21-22-20)18(25)27-13-14-7-3-1-4-8-14/h1-11,21-22H,12-13H2/t20-/m0/s1. The third-order valence-corrected chi connectivity index (χ3v) is 4.52. The molecule has 0 unspecified atom stereocenters. The number of benzene rings is 2. The summed E-state index contributed by atoms with van der Waals surface area (Å²) in [5.74, 6) is -1.37. The summed E-state index contributed by atoms with van der Waals surface area (Å²) in [6, 6.07) is 18.0. The van der Waals surface area contributed by atoms with Gasteiger partial charge in [-0.25, -0.2) is 15.1 Å². The van der Waals surface area contributed by atoms with Crippen LogP contribution in [0.3, 0.4) is 0 Å². The van der Waals surface area contributed by atoms with Gasteiger partial charge in [0, 0.05) is 0 Å². The Labute approximate surface area is 155 Å². The van der Waals surface area contributed by atoms with Crippen molar-refractivity contribution < 1.29 is 19.1 Å². The molecule has 2 aromatic rings. The van der Waals surface area contributed by atoms with Crippen molar-refractivity contribution in [1.82, 2.24) is 10.9 Å². The summed E-state index contributed by atoms with van der Waals surface area (Å²) < 4.78 is 5.27. The average Bonchev–Trinajstić information content (AvgIpc) is 3.23. The molecule has 1 fully saturated rings. The van der Waals surface area contributed by atoms with Crippen molar-refractivity contribution >= 4 is 23.5 Å². The quantitative estimate of drug-likeness (QED) is 0.631. The molecule has 2 aromatic carbocycles. The van der Waals surface area contributed by atoms with Crippen LogP contribution in [-0.2, 0) is 25.7 Å². The Morgan fingerprint density at radius 1 is 1.04 bits per heavy atom. The third-order valence-electron chi connectivity index (χ3n) is 4.52. The highest BCUT2D eigenvalue weighted by atomic mass is 16.5. The Kier molecular flexibility index (Phi) is 4.21. The van der Waals surface area contributed by atoms with E-state index in [1.54, 1.807) is 30.3 Å². The van der Waals surface area contributed by atoms with Crippen LogP contribution in [0.2, 0.25) is 0 Å². The summed E-state index contributed by atoms with van der Waals surface area (Å²) in [4.78, 5) is 38.7. The maximum atomic E-state index is 12.9. The van der Waals surface area contributed by atoms with Crippen molar-refractivity contribution in [2.75, 3.05) is 4.90 Å². The number of hydrogen-bond donors (Lipinski definition) is 2. The van der Waals surface area contributed by atoms with Crippen molar-refractivity contribution in [2.24, 2.45) is 0 Å². The lowest BCUT2D eigenvalue weighted by molar-refractivity contribution is -0.140. The van der Waals surface area contributed by atoms with E-state index in [9.17, 15) is 14.4 Å². The second-order valence-corrected chi connectivity index (χ2v) is 6.39. The molecule has 2 aliphatic rings. The van der Waals surface area contributed by atoms with E-state index in [-0.39, 0.29) is 24.6 Å². The molecule has 2 amide bonds. The lowest BCUT2D eigenvalue weighted by atomic mass is 9.98. The summed E-state index contributed by atoms with van der Waals surface area (Å²) >= 11 is 0. The van der Waals surface area contributed by atoms with Crippen LogP contribution in [0, 0.1) is 0 Å². The van der Waals surface area contributed by atoms with Gasteiger partial charge in [0.1, 0.15) is 17.8 Å². The smallest absolute Gasteiger partial charge is 0.355 e. The lowest BCUT2D eigenvalue weighted by Gasteiger charge is -2.19. The number of carbonyl (C=O) groups is 3. The monoisotopic (exact) mass is 363 g/mol. The number of hydrogen-bond acceptors (Lipinski definition) is 6. The molecule has 2 N–H and O–H groups in total. The van der Waals surface area contributed by atoms with E-state index in [0.717, 1.165) is 10.5 Å². The van der Waals surface area contributed by atoms with Gasteiger partial charge in [-0.05, 0) is 23.8 Å². The van der Waals surface area contributed by atoms with Crippen molar-refractivity contribution in [3.63, 3.8) is 0 Å². The number of esters is 1. The maximum Gasteiger partial charge on any atom is 0.355 e. The van der Waals surface area contributed by atoms with Crippen LogP contribution in [0.5, 0.6) is 0 Å². The molecule has 0 aliphatic carbocycles. The van der Waals surface area contributed by atoms with Crippen LogP contribution < -0.4 is 15.8 Å². The molecule has 0 aromatic heterocycles. The first-order valence-corrected chi connectivity index (χ1v) is 8.49. The Morgan fingerprint density at radius 3 is 2.41 bits per heavy atom. The minimum Gasteiger partial charge on any atom is -0.456 e. The second kappa shape index (κ2) is 6.69. The molecule has 136 valence electrons. The molecular formula is C20H17N3O4. The number of imide groups is 1. The Morgan fingerprint density at radius 2 is 1.70 bits per heavy atom. The Balaban J connectivity index is 1.50. The normalized spacial score (nSPS) is 21.3. The number of ether oxygens (including phenoxy) is 1. The summed E-state index contributed by atoms with van der Waals surface area (Å²) in [5.41, 5.74) is 5.66. The number of amides is 2. The first-order valence-electron chi connectivity index (χ1n) is 8.49. The van der Waals surface area contributed by atoms with E-state index in [4.69, 9.17) is 4.74 Å². The lowest BCUT2D eigenvalue weighted by Crippen LogP contribution is -2.51. The van der Waals surface area contributed by atoms with Gasteiger partial charge in [0.15, 0.2) is 0 Å². The van der Waals surface area contributed by atoms with E-state index in [1.807, 2.05) is 30.3 Å². The SMILES string of the molecule is O=C(OCc1ccccc1)C1=C[C@@]2(CC(=O)N(c3ccccc3)C2=O)NN1. The van der Waals surface area contributed by atoms with Gasteiger partial charge < -0.3 is 10.2 Å². The Hall–Kier alpha value is -3.45. The van der Waals surface area contributed by atoms with Gasteiger partial charge in [0.25, 0.3) is 5.91 Å². The summed E-state index contributed by atoms with van der Waals surface area (Å²) in [6.07, 6.45) is 1.35. The molecule has 0 radical (unpaired) electrons. The van der Waals surface area contributed by atoms with Crippen LogP contribution in [-0.4, -0.2) is 23.3 Å². The number of nitrogens with one attached hydrogen (secondary N) is 2. The van der Waals surface area contributed by atoms with Crippen LogP contribution in [0.4, 0.5) is 5.69 Å². The fourth-order valence-electron chi connectivity index (χ4n) is 3.16. The summed E-state index contributed by atoms with van der Waals surface area (Å²) in [7, 11) is 0. The number of para-hydroxylation sites is 1. The van der Waals surface area contributed by atoms with Gasteiger partial charge in [0.2, 0.25) is 5.91 Å². The number of anilines is 1. The highest BCUT2D eigenvalue weighted by Gasteiger charge is 2.54. The van der Waals surface area contributed by atoms with Crippen molar-refractivity contribution in [3.8, 4) is 0 Å². The predicted octanol–water partition coefficient (Wildman–Crippen LogP) is 1.42. The van der Waals surface area contributed by atoms with E-state index < -0.39 is 17.4 Å². The van der Waals surface area contributed by atoms with E-state index >= 15 is 0 Å². The fraction of sp³-hybridized carbons (Fsp3) is 0.150. The maximum absolute atomic E-state index is 12.9. The zero-order valence-electron chi connectivity index (χ0n) is 14.3. The van der Waals surface area contributed by atoms with E-state index in [1.165, 1.54) is 6.08 Å². The average molecular weight is 363 g/mol. The first-order chi connectivity index (χ1) is 13.1. The molecule has 2 aliphatic heterocycles. The van der Waals surface area contributed by atoms with Gasteiger partial charge >= 0.3 is 5.97 Å². The second-order valence-electron chi connectivity index (χ2n) is 6.39. The zero-order chi connectivity index (χ0) is 18.9. The molecule has 1 atom stereocenters. The van der Waals surface area contributed by atoms with Gasteiger partial charge in [-0.15, -0.1) is 0 Å². The largest absolute Gasteiger partial charge is 0.456 e. The minimum atomic E-state index is -1.28. The van der Waals surface area contributed by atoms with Gasteiger partial charge in [-0.2, -0.15) is 0 Å². The fourth-order valence-corrected chi connectivity index (χ4v) is 3.16. The molecule has 0 bridgehead atoms. The number of carbonyl (C=O) groups excluding carboxylic acids is 3. The third kappa shape index (κ3) is 3.09.